The molecule has 0 aromatic heterocycles. The van der Waals surface area contributed by atoms with Gasteiger partial charge in [0.05, 0.1) is 0 Å². The van der Waals surface area contributed by atoms with E-state index in [2.05, 4.69) is 6.92 Å². The van der Waals surface area contributed by atoms with Crippen molar-refractivity contribution < 1.29 is 15.0 Å². The molecule has 1 rings (SSSR count). The summed E-state index contributed by atoms with van der Waals surface area (Å²) in [4.78, 5) is 10.6. The fourth-order valence-corrected chi connectivity index (χ4v) is 1.67. The van der Waals surface area contributed by atoms with E-state index in [1.165, 1.54) is 5.56 Å². The van der Waals surface area contributed by atoms with Crippen molar-refractivity contribution in [3.05, 3.63) is 35.4 Å². The number of aliphatic carboxylic acids is 1. The summed E-state index contributed by atoms with van der Waals surface area (Å²) in [5, 5.41) is 18.1. The van der Waals surface area contributed by atoms with Crippen molar-refractivity contribution in [1.82, 2.24) is 0 Å². The molecular weight excluding hydrogens is 204 g/mol. The molecule has 2 atom stereocenters. The molecule has 2 N–H and O–H groups in total. The Bertz CT molecular complexity index is 343. The fraction of sp³-hybridized carbons (Fsp3) is 0.462. The zero-order chi connectivity index (χ0) is 12.1. The number of aliphatic hydroxyl groups is 1. The summed E-state index contributed by atoms with van der Waals surface area (Å²) >= 11 is 0. The van der Waals surface area contributed by atoms with Crippen molar-refractivity contribution in [3.8, 4) is 0 Å². The second-order valence-electron chi connectivity index (χ2n) is 4.06. The van der Waals surface area contributed by atoms with Crippen molar-refractivity contribution in [2.45, 2.75) is 38.7 Å². The molecule has 0 saturated carbocycles. The smallest absolute Gasteiger partial charge is 0.333 e. The van der Waals surface area contributed by atoms with E-state index in [9.17, 15) is 9.90 Å². The minimum Gasteiger partial charge on any atom is -0.479 e. The van der Waals surface area contributed by atoms with Crippen molar-refractivity contribution >= 4 is 5.97 Å². The van der Waals surface area contributed by atoms with Gasteiger partial charge in [0, 0.05) is 5.92 Å². The molecule has 0 saturated heterocycles. The Labute approximate surface area is 95.7 Å². The molecule has 16 heavy (non-hydrogen) atoms. The van der Waals surface area contributed by atoms with Crippen LogP contribution in [0.3, 0.4) is 0 Å². The molecule has 1 aromatic carbocycles. The van der Waals surface area contributed by atoms with Crippen molar-refractivity contribution in [3.63, 3.8) is 0 Å². The zero-order valence-electron chi connectivity index (χ0n) is 9.68. The Hall–Kier alpha value is -1.35. The maximum atomic E-state index is 10.6. The predicted octanol–water partition coefficient (Wildman–Crippen LogP) is 2.19. The molecule has 0 amide bonds. The molecular formula is C13H18O3. The number of carbonyl (C=O) groups is 1. The van der Waals surface area contributed by atoms with E-state index in [0.29, 0.717) is 0 Å². The van der Waals surface area contributed by atoms with Gasteiger partial charge in [0.1, 0.15) is 0 Å². The number of carboxylic acid groups (broad SMARTS) is 1. The standard InChI is InChI=1S/C13H18O3/c1-3-4-10-5-7-11(8-6-10)9(2)12(14)13(15)16/h5-9,12,14H,3-4H2,1-2H3,(H,15,16). The molecule has 0 bridgehead atoms. The van der Waals surface area contributed by atoms with Gasteiger partial charge in [-0.3, -0.25) is 0 Å². The maximum absolute atomic E-state index is 10.6. The Morgan fingerprint density at radius 2 is 1.88 bits per heavy atom. The highest BCUT2D eigenvalue weighted by Gasteiger charge is 2.22. The molecule has 1 aromatic rings. The number of aliphatic hydroxyl groups excluding tert-OH is 1. The van der Waals surface area contributed by atoms with Crippen LogP contribution in [0, 0.1) is 0 Å². The normalized spacial score (nSPS) is 14.4. The van der Waals surface area contributed by atoms with Crippen LogP contribution in [0.1, 0.15) is 37.3 Å². The van der Waals surface area contributed by atoms with E-state index in [1.807, 2.05) is 24.3 Å². The van der Waals surface area contributed by atoms with Crippen LogP contribution in [0.15, 0.2) is 24.3 Å². The number of rotatable bonds is 5. The summed E-state index contributed by atoms with van der Waals surface area (Å²) in [5.41, 5.74) is 2.10. The first-order valence-corrected chi connectivity index (χ1v) is 5.56. The van der Waals surface area contributed by atoms with Crippen LogP contribution >= 0.6 is 0 Å². The average Bonchev–Trinajstić information content (AvgIpc) is 2.28. The third-order valence-corrected chi connectivity index (χ3v) is 2.77. The van der Waals surface area contributed by atoms with Crippen LogP contribution in [0.2, 0.25) is 0 Å². The van der Waals surface area contributed by atoms with Gasteiger partial charge in [0.25, 0.3) is 0 Å². The van der Waals surface area contributed by atoms with E-state index in [-0.39, 0.29) is 5.92 Å². The second-order valence-corrected chi connectivity index (χ2v) is 4.06. The molecule has 0 aliphatic carbocycles. The molecule has 3 nitrogen and oxygen atoms in total. The Morgan fingerprint density at radius 3 is 2.31 bits per heavy atom. The molecule has 0 fully saturated rings. The number of carboxylic acids is 1. The summed E-state index contributed by atoms with van der Waals surface area (Å²) in [5.74, 6) is -1.56. The number of benzene rings is 1. The first-order valence-electron chi connectivity index (χ1n) is 5.56. The number of hydrogen-bond acceptors (Lipinski definition) is 2. The van der Waals surface area contributed by atoms with Crippen molar-refractivity contribution in [2.75, 3.05) is 0 Å². The van der Waals surface area contributed by atoms with Crippen LogP contribution < -0.4 is 0 Å². The minimum atomic E-state index is -1.34. The SMILES string of the molecule is CCCc1ccc(C(C)C(O)C(=O)O)cc1. The van der Waals surface area contributed by atoms with Gasteiger partial charge in [-0.2, -0.15) is 0 Å². The lowest BCUT2D eigenvalue weighted by atomic mass is 9.94. The summed E-state index contributed by atoms with van der Waals surface area (Å²) in [6, 6.07) is 7.76. The Morgan fingerprint density at radius 1 is 1.31 bits per heavy atom. The summed E-state index contributed by atoms with van der Waals surface area (Å²) < 4.78 is 0. The fourth-order valence-electron chi connectivity index (χ4n) is 1.67. The third-order valence-electron chi connectivity index (χ3n) is 2.77. The lowest BCUT2D eigenvalue weighted by molar-refractivity contribution is -0.147. The van der Waals surface area contributed by atoms with Gasteiger partial charge in [-0.1, -0.05) is 44.5 Å². The van der Waals surface area contributed by atoms with E-state index in [1.54, 1.807) is 6.92 Å². The van der Waals surface area contributed by atoms with Crippen LogP contribution in [-0.4, -0.2) is 22.3 Å². The summed E-state index contributed by atoms with van der Waals surface area (Å²) in [6.07, 6.45) is 0.778. The van der Waals surface area contributed by atoms with Crippen LogP contribution in [0.5, 0.6) is 0 Å². The minimum absolute atomic E-state index is 0.381. The lowest BCUT2D eigenvalue weighted by Crippen LogP contribution is -2.25. The molecule has 0 aliphatic heterocycles. The van der Waals surface area contributed by atoms with Gasteiger partial charge < -0.3 is 10.2 Å². The molecule has 88 valence electrons. The second kappa shape index (κ2) is 5.66. The Balaban J connectivity index is 2.77. The molecule has 2 unspecified atom stereocenters. The molecule has 3 heteroatoms. The largest absolute Gasteiger partial charge is 0.479 e. The third kappa shape index (κ3) is 3.07. The average molecular weight is 222 g/mol. The van der Waals surface area contributed by atoms with E-state index < -0.39 is 12.1 Å². The molecule has 0 aliphatic rings. The highest BCUT2D eigenvalue weighted by molar-refractivity contribution is 5.73. The van der Waals surface area contributed by atoms with Crippen LogP contribution in [0.25, 0.3) is 0 Å². The van der Waals surface area contributed by atoms with Crippen LogP contribution in [0.4, 0.5) is 0 Å². The first kappa shape index (κ1) is 12.7. The van der Waals surface area contributed by atoms with Gasteiger partial charge in [0.15, 0.2) is 6.10 Å². The van der Waals surface area contributed by atoms with E-state index in [0.717, 1.165) is 18.4 Å². The highest BCUT2D eigenvalue weighted by atomic mass is 16.4. The van der Waals surface area contributed by atoms with Gasteiger partial charge in [-0.25, -0.2) is 4.79 Å². The van der Waals surface area contributed by atoms with E-state index in [4.69, 9.17) is 5.11 Å². The van der Waals surface area contributed by atoms with Gasteiger partial charge in [0.2, 0.25) is 0 Å². The van der Waals surface area contributed by atoms with Crippen molar-refractivity contribution in [1.29, 1.82) is 0 Å². The predicted molar refractivity (Wildman–Crippen MR) is 62.5 cm³/mol. The van der Waals surface area contributed by atoms with Gasteiger partial charge in [-0.15, -0.1) is 0 Å². The molecule has 0 radical (unpaired) electrons. The Kier molecular flexibility index (Phi) is 4.50. The zero-order valence-corrected chi connectivity index (χ0v) is 9.68. The first-order chi connectivity index (χ1) is 7.56. The van der Waals surface area contributed by atoms with Crippen molar-refractivity contribution in [2.24, 2.45) is 0 Å². The lowest BCUT2D eigenvalue weighted by Gasteiger charge is -2.15. The van der Waals surface area contributed by atoms with Gasteiger partial charge in [-0.05, 0) is 17.5 Å². The number of hydrogen-bond donors (Lipinski definition) is 2. The maximum Gasteiger partial charge on any atom is 0.333 e. The monoisotopic (exact) mass is 222 g/mol. The summed E-state index contributed by atoms with van der Waals surface area (Å²) in [6.45, 7) is 3.83. The topological polar surface area (TPSA) is 57.5 Å². The molecule has 0 spiro atoms. The number of aryl methyl sites for hydroxylation is 1. The van der Waals surface area contributed by atoms with Crippen LogP contribution in [-0.2, 0) is 11.2 Å². The molecule has 0 heterocycles. The highest BCUT2D eigenvalue weighted by Crippen LogP contribution is 2.20. The van der Waals surface area contributed by atoms with Gasteiger partial charge >= 0.3 is 5.97 Å². The van der Waals surface area contributed by atoms with E-state index >= 15 is 0 Å². The summed E-state index contributed by atoms with van der Waals surface area (Å²) in [7, 11) is 0. The quantitative estimate of drug-likeness (QED) is 0.802.